The van der Waals surface area contributed by atoms with Crippen molar-refractivity contribution in [2.75, 3.05) is 6.61 Å². The second kappa shape index (κ2) is 5.27. The topological polar surface area (TPSA) is 21.3 Å². The normalized spacial score (nSPS) is 38.8. The van der Waals surface area contributed by atoms with Crippen LogP contribution in [-0.4, -0.2) is 24.8 Å². The van der Waals surface area contributed by atoms with Gasteiger partial charge in [-0.3, -0.25) is 0 Å². The van der Waals surface area contributed by atoms with Gasteiger partial charge in [-0.05, 0) is 39.0 Å². The fourth-order valence-corrected chi connectivity index (χ4v) is 3.27. The van der Waals surface area contributed by atoms with Gasteiger partial charge in [0.1, 0.15) is 0 Å². The molecule has 0 spiro atoms. The molecule has 0 radical (unpaired) electrons. The van der Waals surface area contributed by atoms with Crippen LogP contribution in [0.4, 0.5) is 0 Å². The molecule has 2 fully saturated rings. The lowest BCUT2D eigenvalue weighted by Crippen LogP contribution is -2.63. The lowest BCUT2D eigenvalue weighted by Gasteiger charge is -2.54. The molecule has 2 aliphatic carbocycles. The van der Waals surface area contributed by atoms with Gasteiger partial charge in [0.15, 0.2) is 0 Å². The Labute approximate surface area is 107 Å². The van der Waals surface area contributed by atoms with Crippen molar-refractivity contribution in [3.05, 3.63) is 0 Å². The van der Waals surface area contributed by atoms with Gasteiger partial charge >= 0.3 is 0 Å². The van der Waals surface area contributed by atoms with Crippen molar-refractivity contribution < 1.29 is 4.74 Å². The van der Waals surface area contributed by atoms with Crippen molar-refractivity contribution in [3.63, 3.8) is 0 Å². The summed E-state index contributed by atoms with van der Waals surface area (Å²) in [6.07, 6.45) is 7.18. The first-order valence-corrected chi connectivity index (χ1v) is 7.47. The van der Waals surface area contributed by atoms with Crippen molar-refractivity contribution >= 4 is 0 Å². The van der Waals surface area contributed by atoms with E-state index < -0.39 is 0 Å². The van der Waals surface area contributed by atoms with Gasteiger partial charge in [0, 0.05) is 24.1 Å². The summed E-state index contributed by atoms with van der Waals surface area (Å²) in [4.78, 5) is 0. The average Bonchev–Trinajstić information content (AvgIpc) is 3.10. The Morgan fingerprint density at radius 3 is 2.59 bits per heavy atom. The lowest BCUT2D eigenvalue weighted by atomic mass is 9.61. The summed E-state index contributed by atoms with van der Waals surface area (Å²) in [5.41, 5.74) is 0.355. The van der Waals surface area contributed by atoms with Gasteiger partial charge in [0.25, 0.3) is 0 Å². The molecule has 0 aromatic rings. The second-order valence-electron chi connectivity index (χ2n) is 6.34. The number of hydrogen-bond donors (Lipinski definition) is 1. The monoisotopic (exact) mass is 239 g/mol. The molecule has 2 saturated carbocycles. The first-order valence-electron chi connectivity index (χ1n) is 7.47. The minimum atomic E-state index is 0.355. The Hall–Kier alpha value is -0.0800. The molecule has 0 aromatic carbocycles. The third-order valence-electron chi connectivity index (χ3n) is 4.98. The van der Waals surface area contributed by atoms with E-state index in [1.54, 1.807) is 0 Å². The zero-order valence-electron chi connectivity index (χ0n) is 12.0. The highest BCUT2D eigenvalue weighted by Gasteiger charge is 2.51. The Morgan fingerprint density at radius 1 is 1.35 bits per heavy atom. The number of rotatable bonds is 7. The van der Waals surface area contributed by atoms with Crippen LogP contribution in [-0.2, 0) is 4.74 Å². The summed E-state index contributed by atoms with van der Waals surface area (Å²) in [5, 5.41) is 3.84. The molecule has 0 bridgehead atoms. The van der Waals surface area contributed by atoms with Crippen LogP contribution >= 0.6 is 0 Å². The third kappa shape index (κ3) is 2.85. The molecule has 4 unspecified atom stereocenters. The highest BCUT2D eigenvalue weighted by molar-refractivity contribution is 5.05. The minimum Gasteiger partial charge on any atom is -0.378 e. The molecule has 0 aliphatic heterocycles. The molecular formula is C15H29NO. The Kier molecular flexibility index (Phi) is 4.14. The van der Waals surface area contributed by atoms with Gasteiger partial charge in [-0.2, -0.15) is 0 Å². The molecule has 2 nitrogen and oxygen atoms in total. The molecular weight excluding hydrogens is 210 g/mol. The van der Waals surface area contributed by atoms with Gasteiger partial charge in [-0.25, -0.2) is 0 Å². The molecule has 2 heteroatoms. The first kappa shape index (κ1) is 13.4. The largest absolute Gasteiger partial charge is 0.378 e. The van der Waals surface area contributed by atoms with Crippen molar-refractivity contribution in [3.8, 4) is 0 Å². The van der Waals surface area contributed by atoms with E-state index in [4.69, 9.17) is 4.74 Å². The van der Waals surface area contributed by atoms with Crippen LogP contribution in [0.5, 0.6) is 0 Å². The van der Waals surface area contributed by atoms with E-state index in [9.17, 15) is 0 Å². The van der Waals surface area contributed by atoms with Gasteiger partial charge in [0.05, 0.1) is 6.10 Å². The molecule has 4 atom stereocenters. The van der Waals surface area contributed by atoms with Crippen LogP contribution in [0.3, 0.4) is 0 Å². The van der Waals surface area contributed by atoms with Crippen LogP contribution in [0.15, 0.2) is 0 Å². The van der Waals surface area contributed by atoms with E-state index in [2.05, 4.69) is 33.0 Å². The molecule has 0 heterocycles. The number of hydrogen-bond acceptors (Lipinski definition) is 2. The molecule has 100 valence electrons. The van der Waals surface area contributed by atoms with Crippen LogP contribution in [0, 0.1) is 11.3 Å². The summed E-state index contributed by atoms with van der Waals surface area (Å²) in [5.74, 6) is 1.02. The molecule has 0 amide bonds. The highest BCUT2D eigenvalue weighted by Crippen LogP contribution is 2.46. The standard InChI is InChI=1S/C15H29NO/c1-5-15(4)13(10-14(15)17-6-2)16-11(3)9-12-7-8-12/h11-14,16H,5-10H2,1-4H3. The van der Waals surface area contributed by atoms with Crippen LogP contribution < -0.4 is 5.32 Å². The quantitative estimate of drug-likeness (QED) is 0.735. The van der Waals surface area contributed by atoms with Gasteiger partial charge in [-0.15, -0.1) is 0 Å². The number of nitrogens with one attached hydrogen (secondary N) is 1. The second-order valence-corrected chi connectivity index (χ2v) is 6.34. The van der Waals surface area contributed by atoms with E-state index in [-0.39, 0.29) is 0 Å². The van der Waals surface area contributed by atoms with E-state index >= 15 is 0 Å². The average molecular weight is 239 g/mol. The maximum Gasteiger partial charge on any atom is 0.0658 e. The van der Waals surface area contributed by atoms with Crippen molar-refractivity contribution in [1.82, 2.24) is 5.32 Å². The minimum absolute atomic E-state index is 0.355. The van der Waals surface area contributed by atoms with Crippen LogP contribution in [0.25, 0.3) is 0 Å². The fraction of sp³-hybridized carbons (Fsp3) is 1.00. The highest BCUT2D eigenvalue weighted by atomic mass is 16.5. The zero-order chi connectivity index (χ0) is 12.5. The molecule has 1 N–H and O–H groups in total. The Balaban J connectivity index is 1.80. The maximum atomic E-state index is 5.85. The van der Waals surface area contributed by atoms with E-state index in [0.717, 1.165) is 12.5 Å². The van der Waals surface area contributed by atoms with Crippen molar-refractivity contribution in [2.45, 2.75) is 78.0 Å². The maximum absolute atomic E-state index is 5.85. The third-order valence-corrected chi connectivity index (χ3v) is 4.98. The summed E-state index contributed by atoms with van der Waals surface area (Å²) in [7, 11) is 0. The Bertz CT molecular complexity index is 251. The predicted octanol–water partition coefficient (Wildman–Crippen LogP) is 3.36. The molecule has 0 saturated heterocycles. The molecule has 17 heavy (non-hydrogen) atoms. The summed E-state index contributed by atoms with van der Waals surface area (Å²) < 4.78 is 5.85. The van der Waals surface area contributed by atoms with E-state index in [1.807, 2.05) is 0 Å². The van der Waals surface area contributed by atoms with Crippen molar-refractivity contribution in [2.24, 2.45) is 11.3 Å². The summed E-state index contributed by atoms with van der Waals surface area (Å²) >= 11 is 0. The molecule has 2 rings (SSSR count). The molecule has 0 aromatic heterocycles. The van der Waals surface area contributed by atoms with Gasteiger partial charge in [-0.1, -0.05) is 26.7 Å². The van der Waals surface area contributed by atoms with Gasteiger partial charge in [0.2, 0.25) is 0 Å². The van der Waals surface area contributed by atoms with E-state index in [1.165, 1.54) is 32.1 Å². The zero-order valence-corrected chi connectivity index (χ0v) is 12.0. The van der Waals surface area contributed by atoms with Gasteiger partial charge < -0.3 is 10.1 Å². The molecule has 2 aliphatic rings. The fourth-order valence-electron chi connectivity index (χ4n) is 3.27. The smallest absolute Gasteiger partial charge is 0.0658 e. The summed E-state index contributed by atoms with van der Waals surface area (Å²) in [6, 6.07) is 1.35. The first-order chi connectivity index (χ1) is 8.10. The SMILES string of the molecule is CCOC1CC(NC(C)CC2CC2)C1(C)CC. The Morgan fingerprint density at radius 2 is 2.06 bits per heavy atom. The van der Waals surface area contributed by atoms with Crippen LogP contribution in [0.2, 0.25) is 0 Å². The predicted molar refractivity (Wildman–Crippen MR) is 72.2 cm³/mol. The van der Waals surface area contributed by atoms with E-state index in [0.29, 0.717) is 23.6 Å². The summed E-state index contributed by atoms with van der Waals surface area (Å²) in [6.45, 7) is 9.99. The van der Waals surface area contributed by atoms with Crippen LogP contribution in [0.1, 0.15) is 59.8 Å². The lowest BCUT2D eigenvalue weighted by molar-refractivity contribution is -0.127. The number of ether oxygens (including phenoxy) is 1. The van der Waals surface area contributed by atoms with Crippen molar-refractivity contribution in [1.29, 1.82) is 0 Å².